The Hall–Kier alpha value is -2.43. The fourth-order valence-corrected chi connectivity index (χ4v) is 2.48. The van der Waals surface area contributed by atoms with E-state index in [1.54, 1.807) is 36.4 Å². The van der Waals surface area contributed by atoms with Gasteiger partial charge in [-0.05, 0) is 41.7 Å². The molecule has 1 aromatic heterocycles. The van der Waals surface area contributed by atoms with Crippen LogP contribution in [0.1, 0.15) is 30.5 Å². The van der Waals surface area contributed by atoms with E-state index in [1.165, 1.54) is 6.07 Å². The third-order valence-corrected chi connectivity index (χ3v) is 3.64. The minimum Gasteiger partial charge on any atom is -0.334 e. The lowest BCUT2D eigenvalue weighted by Gasteiger charge is -2.25. The molecule has 0 unspecified atom stereocenters. The van der Waals surface area contributed by atoms with E-state index in [-0.39, 0.29) is 11.8 Å². The Morgan fingerprint density at radius 3 is 2.71 bits per heavy atom. The number of carbonyl (C=O) groups is 1. The van der Waals surface area contributed by atoms with E-state index in [0.717, 1.165) is 11.1 Å². The Balaban J connectivity index is 2.00. The molecule has 0 radical (unpaired) electrons. The van der Waals surface area contributed by atoms with Crippen molar-refractivity contribution in [2.75, 3.05) is 6.54 Å². The van der Waals surface area contributed by atoms with Crippen LogP contribution in [0, 0.1) is 18.7 Å². The van der Waals surface area contributed by atoms with Crippen LogP contribution in [0.3, 0.4) is 0 Å². The Labute approximate surface area is 142 Å². The van der Waals surface area contributed by atoms with E-state index >= 15 is 0 Å². The number of aromatic nitrogens is 1. The van der Waals surface area contributed by atoms with Gasteiger partial charge in [0, 0.05) is 32.0 Å². The second kappa shape index (κ2) is 8.43. The molecular formula is C19H24FN3O. The van der Waals surface area contributed by atoms with Crippen molar-refractivity contribution >= 4 is 6.03 Å². The van der Waals surface area contributed by atoms with Gasteiger partial charge in [0.2, 0.25) is 0 Å². The summed E-state index contributed by atoms with van der Waals surface area (Å²) < 4.78 is 13.3. The van der Waals surface area contributed by atoms with Crippen LogP contribution in [0.2, 0.25) is 0 Å². The highest BCUT2D eigenvalue weighted by molar-refractivity contribution is 5.74. The number of carbonyl (C=O) groups excluding carboxylic acids is 1. The largest absolute Gasteiger partial charge is 0.334 e. The van der Waals surface area contributed by atoms with E-state index in [1.807, 2.05) is 12.1 Å². The number of halogens is 1. The third-order valence-electron chi connectivity index (χ3n) is 3.64. The van der Waals surface area contributed by atoms with Crippen molar-refractivity contribution in [1.29, 1.82) is 0 Å². The molecular weight excluding hydrogens is 305 g/mol. The molecule has 4 nitrogen and oxygen atoms in total. The zero-order valence-electron chi connectivity index (χ0n) is 14.4. The molecule has 1 aromatic carbocycles. The average molecular weight is 329 g/mol. The van der Waals surface area contributed by atoms with Crippen LogP contribution < -0.4 is 5.32 Å². The molecule has 0 bridgehead atoms. The Kier molecular flexibility index (Phi) is 6.29. The standard InChI is InChI=1S/C19H24FN3O/c1-14(2)12-23(13-17-5-4-8-21-10-17)19(24)22-11-16-6-7-18(20)15(3)9-16/h4-10,14H,11-13H2,1-3H3,(H,22,24). The number of hydrogen-bond acceptors (Lipinski definition) is 2. The first-order valence-corrected chi connectivity index (χ1v) is 8.12. The van der Waals surface area contributed by atoms with Crippen molar-refractivity contribution in [2.24, 2.45) is 5.92 Å². The Morgan fingerprint density at radius 1 is 1.29 bits per heavy atom. The number of hydrogen-bond donors (Lipinski definition) is 1. The molecule has 2 rings (SSSR count). The van der Waals surface area contributed by atoms with E-state index < -0.39 is 0 Å². The van der Waals surface area contributed by atoms with Gasteiger partial charge in [0.15, 0.2) is 0 Å². The lowest BCUT2D eigenvalue weighted by molar-refractivity contribution is 0.187. The number of benzene rings is 1. The van der Waals surface area contributed by atoms with Crippen LogP contribution in [0.15, 0.2) is 42.7 Å². The smallest absolute Gasteiger partial charge is 0.317 e. The summed E-state index contributed by atoms with van der Waals surface area (Å²) in [6, 6.07) is 8.56. The summed E-state index contributed by atoms with van der Waals surface area (Å²) in [5, 5.41) is 2.92. The molecule has 1 N–H and O–H groups in total. The van der Waals surface area contributed by atoms with Crippen molar-refractivity contribution in [3.8, 4) is 0 Å². The molecule has 0 saturated carbocycles. The van der Waals surface area contributed by atoms with Crippen LogP contribution in [0.25, 0.3) is 0 Å². The number of urea groups is 1. The molecule has 24 heavy (non-hydrogen) atoms. The highest BCUT2D eigenvalue weighted by atomic mass is 19.1. The zero-order valence-corrected chi connectivity index (χ0v) is 14.4. The molecule has 2 aromatic rings. The summed E-state index contributed by atoms with van der Waals surface area (Å²) >= 11 is 0. The number of nitrogens with one attached hydrogen (secondary N) is 1. The topological polar surface area (TPSA) is 45.2 Å². The number of amides is 2. The summed E-state index contributed by atoms with van der Waals surface area (Å²) in [6.07, 6.45) is 3.48. The molecule has 1 heterocycles. The lowest BCUT2D eigenvalue weighted by atomic mass is 10.1. The predicted molar refractivity (Wildman–Crippen MR) is 92.9 cm³/mol. The first-order chi connectivity index (χ1) is 11.5. The number of pyridine rings is 1. The van der Waals surface area contributed by atoms with Gasteiger partial charge in [0.1, 0.15) is 5.82 Å². The minimum atomic E-state index is -0.233. The van der Waals surface area contributed by atoms with Crippen molar-refractivity contribution in [3.05, 3.63) is 65.2 Å². The summed E-state index contributed by atoms with van der Waals surface area (Å²) in [7, 11) is 0. The van der Waals surface area contributed by atoms with E-state index in [9.17, 15) is 9.18 Å². The van der Waals surface area contributed by atoms with Gasteiger partial charge in [0.05, 0.1) is 0 Å². The van der Waals surface area contributed by atoms with Crippen LogP contribution in [0.4, 0.5) is 9.18 Å². The summed E-state index contributed by atoms with van der Waals surface area (Å²) in [5.74, 6) is 0.128. The maximum Gasteiger partial charge on any atom is 0.317 e. The maximum absolute atomic E-state index is 13.3. The van der Waals surface area contributed by atoms with Crippen LogP contribution in [0.5, 0.6) is 0 Å². The van der Waals surface area contributed by atoms with Gasteiger partial charge in [-0.15, -0.1) is 0 Å². The van der Waals surface area contributed by atoms with Gasteiger partial charge in [-0.1, -0.05) is 32.0 Å². The zero-order chi connectivity index (χ0) is 17.5. The Morgan fingerprint density at radius 2 is 2.08 bits per heavy atom. The number of aryl methyl sites for hydroxylation is 1. The second-order valence-corrected chi connectivity index (χ2v) is 6.38. The van der Waals surface area contributed by atoms with Gasteiger partial charge in [0.25, 0.3) is 0 Å². The van der Waals surface area contributed by atoms with Crippen molar-refractivity contribution in [1.82, 2.24) is 15.2 Å². The Bertz CT molecular complexity index is 674. The highest BCUT2D eigenvalue weighted by Crippen LogP contribution is 2.10. The van der Waals surface area contributed by atoms with E-state index in [0.29, 0.717) is 31.1 Å². The molecule has 0 aliphatic rings. The fraction of sp³-hybridized carbons (Fsp3) is 0.368. The van der Waals surface area contributed by atoms with Gasteiger partial charge in [-0.25, -0.2) is 9.18 Å². The SMILES string of the molecule is Cc1cc(CNC(=O)N(Cc2cccnc2)CC(C)C)ccc1F. The monoisotopic (exact) mass is 329 g/mol. The molecule has 0 saturated heterocycles. The van der Waals surface area contributed by atoms with Crippen molar-refractivity contribution in [3.63, 3.8) is 0 Å². The molecule has 0 aliphatic heterocycles. The molecule has 5 heteroatoms. The van der Waals surface area contributed by atoms with Crippen LogP contribution in [-0.2, 0) is 13.1 Å². The summed E-state index contributed by atoms with van der Waals surface area (Å²) in [4.78, 5) is 18.4. The van der Waals surface area contributed by atoms with Gasteiger partial charge in [-0.2, -0.15) is 0 Å². The van der Waals surface area contributed by atoms with Crippen LogP contribution in [-0.4, -0.2) is 22.5 Å². The van der Waals surface area contributed by atoms with Gasteiger partial charge in [-0.3, -0.25) is 4.98 Å². The molecule has 0 atom stereocenters. The molecule has 0 fully saturated rings. The molecule has 0 spiro atoms. The lowest BCUT2D eigenvalue weighted by Crippen LogP contribution is -2.41. The predicted octanol–water partition coefficient (Wildman–Crippen LogP) is 3.90. The van der Waals surface area contributed by atoms with Crippen molar-refractivity contribution in [2.45, 2.75) is 33.9 Å². The summed E-state index contributed by atoms with van der Waals surface area (Å²) in [5.41, 5.74) is 2.45. The molecule has 0 aliphatic carbocycles. The first kappa shape index (κ1) is 17.9. The summed E-state index contributed by atoms with van der Waals surface area (Å²) in [6.45, 7) is 7.42. The second-order valence-electron chi connectivity index (χ2n) is 6.38. The first-order valence-electron chi connectivity index (χ1n) is 8.12. The fourth-order valence-electron chi connectivity index (χ4n) is 2.48. The number of rotatable bonds is 6. The maximum atomic E-state index is 13.3. The van der Waals surface area contributed by atoms with Crippen molar-refractivity contribution < 1.29 is 9.18 Å². The van der Waals surface area contributed by atoms with Gasteiger partial charge < -0.3 is 10.2 Å². The number of nitrogens with zero attached hydrogens (tertiary/aromatic N) is 2. The third kappa shape index (κ3) is 5.33. The minimum absolute atomic E-state index is 0.130. The molecule has 2 amide bonds. The van der Waals surface area contributed by atoms with Gasteiger partial charge >= 0.3 is 6.03 Å². The normalized spacial score (nSPS) is 10.7. The highest BCUT2D eigenvalue weighted by Gasteiger charge is 2.15. The molecule has 128 valence electrons. The quantitative estimate of drug-likeness (QED) is 0.873. The van der Waals surface area contributed by atoms with E-state index in [2.05, 4.69) is 24.1 Å². The van der Waals surface area contributed by atoms with E-state index in [4.69, 9.17) is 0 Å². The average Bonchev–Trinajstić information content (AvgIpc) is 2.55. The van der Waals surface area contributed by atoms with Crippen LogP contribution >= 0.6 is 0 Å².